The quantitative estimate of drug-likeness (QED) is 0.0646. The number of benzene rings is 8. The minimum absolute atomic E-state index is 0.0162. The molecule has 0 aromatic heterocycles. The zero-order valence-electron chi connectivity index (χ0n) is 67.6. The number of carbonyl (C=O) groups is 8. The molecule has 7 amide bonds. The molecule has 0 atom stereocenters. The lowest BCUT2D eigenvalue weighted by atomic mass is 10.1. The van der Waals surface area contributed by atoms with Gasteiger partial charge in [0, 0.05) is 140 Å². The van der Waals surface area contributed by atoms with Crippen molar-refractivity contribution in [3.8, 4) is 0 Å². The van der Waals surface area contributed by atoms with Crippen LogP contribution >= 0.6 is 139 Å². The van der Waals surface area contributed by atoms with Gasteiger partial charge >= 0.3 is 5.97 Å². The molecular weight excluding hydrogens is 2030 g/mol. The largest absolute Gasteiger partial charge is 0.478 e. The molecule has 0 radical (unpaired) electrons. The van der Waals surface area contributed by atoms with Crippen LogP contribution in [0.25, 0.3) is 0 Å². The Labute approximate surface area is 748 Å². The first-order valence-electron chi connectivity index (χ1n) is 37.2. The topological polar surface area (TPSA) is 179 Å². The molecule has 0 saturated heterocycles. The van der Waals surface area contributed by atoms with E-state index in [1.54, 1.807) is 88.0 Å². The summed E-state index contributed by atoms with van der Waals surface area (Å²) in [6.07, 6.45) is 0. The molecule has 0 unspecified atom stereocenters. The zero-order chi connectivity index (χ0) is 87.5. The van der Waals surface area contributed by atoms with Gasteiger partial charge in [-0.2, -0.15) is 0 Å². The molecular formula is C86H102Br8ClF4N7O9. The van der Waals surface area contributed by atoms with Gasteiger partial charge in [-0.15, -0.1) is 0 Å². The van der Waals surface area contributed by atoms with Crippen molar-refractivity contribution in [2.45, 2.75) is 111 Å². The van der Waals surface area contributed by atoms with Crippen molar-refractivity contribution < 1.29 is 61.0 Å². The molecule has 0 aliphatic carbocycles. The molecule has 0 heterocycles. The Morgan fingerprint density at radius 3 is 0.957 bits per heavy atom. The van der Waals surface area contributed by atoms with Gasteiger partial charge in [-0.05, 0) is 297 Å². The average Bonchev–Trinajstić information content (AvgIpc) is 0.820. The van der Waals surface area contributed by atoms with E-state index in [4.69, 9.17) is 16.7 Å². The lowest BCUT2D eigenvalue weighted by molar-refractivity contribution is 0.0691. The smallest absolute Gasteiger partial charge is 0.336 e. The Bertz CT molecular complexity index is 4200. The van der Waals surface area contributed by atoms with Crippen molar-refractivity contribution in [3.05, 3.63) is 271 Å². The van der Waals surface area contributed by atoms with Crippen molar-refractivity contribution >= 4 is 186 Å². The van der Waals surface area contributed by atoms with Crippen molar-refractivity contribution in [3.63, 3.8) is 0 Å². The number of nitrogens with zero attached hydrogens (tertiary/aromatic N) is 7. The van der Waals surface area contributed by atoms with E-state index in [-0.39, 0.29) is 45.5 Å². The molecule has 0 bridgehead atoms. The third-order valence-corrected chi connectivity index (χ3v) is 22.3. The number of aryl methyl sites for hydroxylation is 2. The summed E-state index contributed by atoms with van der Waals surface area (Å²) >= 11 is 31.8. The SMILES string of the molecule is CCN(CC)C(=O)c1c(F)cc(Br)cc1F.CCN(CC)C(=O)c1ccc(Br)c(C)c1.CCN(CC)C(=O)c1ccc(Br)c(F)c1.CCN(CC)C(=O)c1ccc(Br)cc1C.CCN(CC)C(=O)c1ccc(Br)cc1Cl.CCN(CC)C(=O)c1ccc(Br)cc1F.CCN(CC)C(=O)c1ccccc1Br.O=C(O)c1ccccc1Br. The van der Waals surface area contributed by atoms with Gasteiger partial charge in [-0.3, -0.25) is 33.6 Å². The van der Waals surface area contributed by atoms with Gasteiger partial charge in [-0.25, -0.2) is 22.4 Å². The molecule has 0 spiro atoms. The monoisotopic (exact) mass is 2120 g/mol. The van der Waals surface area contributed by atoms with Gasteiger partial charge in [0.2, 0.25) is 0 Å². The minimum atomic E-state index is -0.910. The van der Waals surface area contributed by atoms with Gasteiger partial charge in [0.1, 0.15) is 28.8 Å². The first-order chi connectivity index (χ1) is 54.4. The van der Waals surface area contributed by atoms with Crippen LogP contribution in [-0.4, -0.2) is 178 Å². The van der Waals surface area contributed by atoms with E-state index < -0.39 is 40.7 Å². The van der Waals surface area contributed by atoms with Crippen molar-refractivity contribution in [2.24, 2.45) is 0 Å². The van der Waals surface area contributed by atoms with Gasteiger partial charge in [0.15, 0.2) is 0 Å². The number of hydrogen-bond acceptors (Lipinski definition) is 8. The molecule has 8 rings (SSSR count). The highest BCUT2D eigenvalue weighted by molar-refractivity contribution is 9.11. The Morgan fingerprint density at radius 2 is 0.600 bits per heavy atom. The van der Waals surface area contributed by atoms with Crippen LogP contribution in [0.4, 0.5) is 17.6 Å². The number of amides is 7. The summed E-state index contributed by atoms with van der Waals surface area (Å²) in [7, 11) is 0. The number of hydrogen-bond donors (Lipinski definition) is 1. The summed E-state index contributed by atoms with van der Waals surface area (Å²) in [4.78, 5) is 106. The fraction of sp³-hybridized carbons (Fsp3) is 0.349. The molecule has 1 N–H and O–H groups in total. The first-order valence-corrected chi connectivity index (χ1v) is 43.9. The second kappa shape index (κ2) is 56.7. The van der Waals surface area contributed by atoms with E-state index in [0.29, 0.717) is 87.5 Å². The van der Waals surface area contributed by atoms with E-state index in [0.717, 1.165) is 97.1 Å². The number of halogens is 13. The maximum atomic E-state index is 13.5. The Morgan fingerprint density at radius 1 is 0.287 bits per heavy atom. The highest BCUT2D eigenvalue weighted by Crippen LogP contribution is 2.26. The lowest BCUT2D eigenvalue weighted by Crippen LogP contribution is -2.31. The zero-order valence-corrected chi connectivity index (χ0v) is 81.0. The second-order valence-corrected chi connectivity index (χ2v) is 31.6. The third kappa shape index (κ3) is 35.1. The second-order valence-electron chi connectivity index (χ2n) is 24.2. The van der Waals surface area contributed by atoms with Crippen LogP contribution in [0.5, 0.6) is 0 Å². The molecule has 29 heteroatoms. The summed E-state index contributed by atoms with van der Waals surface area (Å²) in [6.45, 7) is 40.1. The molecule has 0 aliphatic rings. The van der Waals surface area contributed by atoms with Crippen LogP contribution in [0, 0.1) is 37.1 Å². The van der Waals surface area contributed by atoms with Crippen LogP contribution in [0.3, 0.4) is 0 Å². The van der Waals surface area contributed by atoms with E-state index in [2.05, 4.69) is 127 Å². The molecule has 0 aliphatic heterocycles. The maximum Gasteiger partial charge on any atom is 0.336 e. The number of carboxylic acids is 1. The molecule has 0 fully saturated rings. The third-order valence-electron chi connectivity index (χ3n) is 17.1. The molecule has 16 nitrogen and oxygen atoms in total. The van der Waals surface area contributed by atoms with E-state index >= 15 is 0 Å². The summed E-state index contributed by atoms with van der Waals surface area (Å²) in [5.74, 6) is -4.21. The Hall–Kier alpha value is -6.63. The van der Waals surface area contributed by atoms with E-state index in [9.17, 15) is 55.9 Å². The Kier molecular flexibility index (Phi) is 52.5. The van der Waals surface area contributed by atoms with E-state index in [1.165, 1.54) is 23.1 Å². The summed E-state index contributed by atoms with van der Waals surface area (Å²) in [5.41, 5.74) is 5.27. The predicted molar refractivity (Wildman–Crippen MR) is 485 cm³/mol. The highest BCUT2D eigenvalue weighted by atomic mass is 79.9. The van der Waals surface area contributed by atoms with Crippen LogP contribution in [0.15, 0.2) is 187 Å². The minimum Gasteiger partial charge on any atom is -0.478 e. The standard InChI is InChI=1S/2C12H16BrNO.C11H13BrClNO.C11H12BrF2NO.2C11H13BrFNO.C11H14BrNO.C7H5BrO2/c1-4-14(5-2)12(15)11-7-6-10(13)8-9(11)3;1-4-14(5-2)12(15)10-6-7-11(13)9(3)8-10;1-3-14(4-2)11(15)9-6-5-8(12)7-10(9)13;1-3-15(4-2)11(16)10-8(13)5-7(12)6-9(10)14;1-3-14(4-2)11(15)9-6-5-8(12)7-10(9)13;1-3-14(4-2)11(15)8-5-6-9(12)10(13)7-8;1-3-13(4-2)11(14)9-7-5-6-8-10(9)12;8-6-4-2-1-3-5(6)7(9)10/h2*6-8H,4-5H2,1-3H3;5-7H,3-4H2,1-2H3;5-6H,3-4H2,1-2H3;2*5-7H,3-4H2,1-2H3;5-8H,3-4H2,1-2H3;1-4H,(H,9,10). The van der Waals surface area contributed by atoms with Crippen LogP contribution in [-0.2, 0) is 0 Å². The number of rotatable bonds is 22. The van der Waals surface area contributed by atoms with Crippen molar-refractivity contribution in [1.29, 1.82) is 0 Å². The van der Waals surface area contributed by atoms with Crippen LogP contribution in [0.2, 0.25) is 5.02 Å². The van der Waals surface area contributed by atoms with Crippen LogP contribution < -0.4 is 0 Å². The molecule has 0 saturated carbocycles. The summed E-state index contributed by atoms with van der Waals surface area (Å²) in [5, 5.41) is 9.02. The van der Waals surface area contributed by atoms with Gasteiger partial charge < -0.3 is 39.4 Å². The summed E-state index contributed by atoms with van der Waals surface area (Å²) in [6, 6.07) is 42.0. The van der Waals surface area contributed by atoms with Crippen molar-refractivity contribution in [2.75, 3.05) is 91.6 Å². The first kappa shape index (κ1) is 106. The van der Waals surface area contributed by atoms with E-state index in [1.807, 2.05) is 173 Å². The van der Waals surface area contributed by atoms with Gasteiger partial charge in [0.25, 0.3) is 41.4 Å². The van der Waals surface area contributed by atoms with Crippen molar-refractivity contribution in [1.82, 2.24) is 34.3 Å². The molecule has 115 heavy (non-hydrogen) atoms. The molecule has 626 valence electrons. The number of aromatic carboxylic acids is 1. The Balaban J connectivity index is 0.000000659. The molecule has 8 aromatic carbocycles. The summed E-state index contributed by atoms with van der Waals surface area (Å²) < 4.78 is 59.3. The lowest BCUT2D eigenvalue weighted by Gasteiger charge is -2.19. The molecule has 8 aromatic rings. The number of carbonyl (C=O) groups excluding carboxylic acids is 7. The normalized spacial score (nSPS) is 10.1. The van der Waals surface area contributed by atoms with Gasteiger partial charge in [0.05, 0.1) is 31.7 Å². The fourth-order valence-corrected chi connectivity index (χ4v) is 13.8. The fourth-order valence-electron chi connectivity index (χ4n) is 10.4. The number of carboxylic acid groups (broad SMARTS) is 1. The highest BCUT2D eigenvalue weighted by Gasteiger charge is 2.24. The maximum absolute atomic E-state index is 13.5. The predicted octanol–water partition coefficient (Wildman–Crippen LogP) is 24.5. The van der Waals surface area contributed by atoms with Crippen LogP contribution in [0.1, 0.15) is 191 Å². The van der Waals surface area contributed by atoms with Gasteiger partial charge in [-0.1, -0.05) is 116 Å². The average molecular weight is 2130 g/mol.